The van der Waals surface area contributed by atoms with Gasteiger partial charge in [0.25, 0.3) is 0 Å². The first kappa shape index (κ1) is 10.1. The van der Waals surface area contributed by atoms with Crippen molar-refractivity contribution in [2.75, 3.05) is 0 Å². The molecule has 1 aromatic heterocycles. The van der Waals surface area contributed by atoms with Crippen molar-refractivity contribution >= 4 is 10.0 Å². The first-order chi connectivity index (χ1) is 5.88. The van der Waals surface area contributed by atoms with E-state index in [1.54, 1.807) is 6.92 Å². The standard InChI is InChI=1S/C6H10FN3O2S/c1-3-10-6(7)5(4(2)9-10)13(8,11)12/h3H2,1-2H3,(H2,8,11,12). The van der Waals surface area contributed by atoms with Crippen molar-refractivity contribution < 1.29 is 12.8 Å². The molecule has 2 N–H and O–H groups in total. The molecule has 74 valence electrons. The van der Waals surface area contributed by atoms with Gasteiger partial charge in [-0.1, -0.05) is 0 Å². The number of hydrogen-bond acceptors (Lipinski definition) is 3. The average molecular weight is 207 g/mol. The summed E-state index contributed by atoms with van der Waals surface area (Å²) >= 11 is 0. The second-order valence-electron chi connectivity index (χ2n) is 2.57. The van der Waals surface area contributed by atoms with E-state index in [2.05, 4.69) is 5.10 Å². The smallest absolute Gasteiger partial charge is 0.238 e. The molecule has 0 saturated carbocycles. The highest BCUT2D eigenvalue weighted by atomic mass is 32.2. The van der Waals surface area contributed by atoms with Gasteiger partial charge in [-0.15, -0.1) is 0 Å². The molecule has 0 bridgehead atoms. The van der Waals surface area contributed by atoms with Crippen LogP contribution in [0.4, 0.5) is 4.39 Å². The van der Waals surface area contributed by atoms with E-state index in [9.17, 15) is 12.8 Å². The number of hydrogen-bond donors (Lipinski definition) is 1. The number of nitrogens with two attached hydrogens (primary N) is 1. The molecule has 0 aliphatic carbocycles. The van der Waals surface area contributed by atoms with Gasteiger partial charge in [-0.3, -0.25) is 0 Å². The zero-order valence-corrected chi connectivity index (χ0v) is 8.10. The summed E-state index contributed by atoms with van der Waals surface area (Å²) in [5.74, 6) is -0.900. The van der Waals surface area contributed by atoms with E-state index in [4.69, 9.17) is 5.14 Å². The van der Waals surface area contributed by atoms with Crippen molar-refractivity contribution in [1.29, 1.82) is 0 Å². The highest BCUT2D eigenvalue weighted by Gasteiger charge is 2.23. The zero-order valence-electron chi connectivity index (χ0n) is 7.28. The van der Waals surface area contributed by atoms with Crippen LogP contribution in [0.25, 0.3) is 0 Å². The maximum absolute atomic E-state index is 13.2. The van der Waals surface area contributed by atoms with E-state index in [0.717, 1.165) is 4.68 Å². The van der Waals surface area contributed by atoms with Crippen LogP contribution >= 0.6 is 0 Å². The van der Waals surface area contributed by atoms with Gasteiger partial charge in [-0.2, -0.15) is 9.49 Å². The fourth-order valence-electron chi connectivity index (χ4n) is 1.07. The van der Waals surface area contributed by atoms with E-state index in [1.165, 1.54) is 6.92 Å². The van der Waals surface area contributed by atoms with E-state index in [-0.39, 0.29) is 12.2 Å². The molecule has 1 rings (SSSR count). The third kappa shape index (κ3) is 1.70. The molecule has 0 aromatic carbocycles. The molecule has 0 aliphatic heterocycles. The van der Waals surface area contributed by atoms with Gasteiger partial charge in [0.1, 0.15) is 0 Å². The summed E-state index contributed by atoms with van der Waals surface area (Å²) < 4.78 is 36.0. The summed E-state index contributed by atoms with van der Waals surface area (Å²) in [7, 11) is -4.01. The van der Waals surface area contributed by atoms with Crippen LogP contribution in [0.15, 0.2) is 4.90 Å². The van der Waals surface area contributed by atoms with Gasteiger partial charge in [0.05, 0.1) is 5.69 Å². The molecule has 0 atom stereocenters. The zero-order chi connectivity index (χ0) is 10.2. The Hall–Kier alpha value is -0.950. The van der Waals surface area contributed by atoms with Gasteiger partial charge >= 0.3 is 0 Å². The van der Waals surface area contributed by atoms with Gasteiger partial charge in [0.15, 0.2) is 4.90 Å². The van der Waals surface area contributed by atoms with Gasteiger partial charge in [-0.25, -0.2) is 18.2 Å². The summed E-state index contributed by atoms with van der Waals surface area (Å²) in [4.78, 5) is -0.519. The molecule has 1 heterocycles. The van der Waals surface area contributed by atoms with Crippen LogP contribution in [0.2, 0.25) is 0 Å². The van der Waals surface area contributed by atoms with Crippen molar-refractivity contribution in [2.24, 2.45) is 5.14 Å². The van der Waals surface area contributed by atoms with Gasteiger partial charge in [-0.05, 0) is 13.8 Å². The molecular weight excluding hydrogens is 197 g/mol. The fourth-order valence-corrected chi connectivity index (χ4v) is 1.86. The van der Waals surface area contributed by atoms with E-state index < -0.39 is 20.9 Å². The van der Waals surface area contributed by atoms with Crippen LogP contribution in [0.1, 0.15) is 12.6 Å². The molecule has 0 radical (unpaired) electrons. The number of rotatable bonds is 2. The monoisotopic (exact) mass is 207 g/mol. The minimum Gasteiger partial charge on any atom is -0.238 e. The topological polar surface area (TPSA) is 78.0 Å². The Morgan fingerprint density at radius 1 is 1.62 bits per heavy atom. The van der Waals surface area contributed by atoms with Crippen LogP contribution in [0.3, 0.4) is 0 Å². The normalized spacial score (nSPS) is 12.0. The second-order valence-corrected chi connectivity index (χ2v) is 4.06. The molecule has 5 nitrogen and oxygen atoms in total. The predicted molar refractivity (Wildman–Crippen MR) is 44.0 cm³/mol. The maximum atomic E-state index is 13.2. The third-order valence-corrected chi connectivity index (χ3v) is 2.63. The third-order valence-electron chi connectivity index (χ3n) is 1.60. The Labute approximate surface area is 75.4 Å². The van der Waals surface area contributed by atoms with Gasteiger partial charge < -0.3 is 0 Å². The summed E-state index contributed by atoms with van der Waals surface area (Å²) in [5.41, 5.74) is 0.0850. The van der Waals surface area contributed by atoms with E-state index >= 15 is 0 Å². The van der Waals surface area contributed by atoms with Crippen LogP contribution in [0, 0.1) is 12.9 Å². The predicted octanol–water partition coefficient (Wildman–Crippen LogP) is -0.00208. The van der Waals surface area contributed by atoms with Crippen molar-refractivity contribution in [3.63, 3.8) is 0 Å². The lowest BCUT2D eigenvalue weighted by Crippen LogP contribution is -2.14. The largest absolute Gasteiger partial charge is 0.244 e. The highest BCUT2D eigenvalue weighted by molar-refractivity contribution is 7.89. The summed E-state index contributed by atoms with van der Waals surface area (Å²) in [6.45, 7) is 3.32. The molecular formula is C6H10FN3O2S. The van der Waals surface area contributed by atoms with Crippen molar-refractivity contribution in [3.05, 3.63) is 11.6 Å². The lowest BCUT2D eigenvalue weighted by Gasteiger charge is -1.95. The molecule has 0 unspecified atom stereocenters. The summed E-state index contributed by atoms with van der Waals surface area (Å²) in [6, 6.07) is 0. The quantitative estimate of drug-likeness (QED) is 0.741. The molecule has 0 spiro atoms. The second kappa shape index (κ2) is 3.08. The Morgan fingerprint density at radius 2 is 2.15 bits per heavy atom. The summed E-state index contributed by atoms with van der Waals surface area (Å²) in [5, 5.41) is 8.48. The van der Waals surface area contributed by atoms with E-state index in [0.29, 0.717) is 0 Å². The van der Waals surface area contributed by atoms with Crippen molar-refractivity contribution in [1.82, 2.24) is 9.78 Å². The molecule has 0 aliphatic rings. The lowest BCUT2D eigenvalue weighted by molar-refractivity contribution is 0.454. The molecule has 1 aromatic rings. The van der Waals surface area contributed by atoms with Gasteiger partial charge in [0, 0.05) is 6.54 Å². The number of nitrogens with zero attached hydrogens (tertiary/aromatic N) is 2. The number of halogens is 1. The minimum atomic E-state index is -4.01. The first-order valence-corrected chi connectivity index (χ1v) is 5.18. The van der Waals surface area contributed by atoms with E-state index in [1.807, 2.05) is 0 Å². The Bertz CT molecular complexity index is 423. The Balaban J connectivity index is 3.47. The molecule has 0 saturated heterocycles. The SMILES string of the molecule is CCn1nc(C)c(S(N)(=O)=O)c1F. The molecule has 0 fully saturated rings. The number of aromatic nitrogens is 2. The molecule has 7 heteroatoms. The van der Waals surface area contributed by atoms with Crippen LogP contribution < -0.4 is 5.14 Å². The molecule has 0 amide bonds. The Morgan fingerprint density at radius 3 is 2.38 bits per heavy atom. The number of primary sulfonamides is 1. The van der Waals surface area contributed by atoms with Crippen molar-refractivity contribution in [2.45, 2.75) is 25.3 Å². The number of sulfonamides is 1. The van der Waals surface area contributed by atoms with Crippen LogP contribution in [-0.4, -0.2) is 18.2 Å². The average Bonchev–Trinajstić information content (AvgIpc) is 2.24. The van der Waals surface area contributed by atoms with Crippen LogP contribution in [0.5, 0.6) is 0 Å². The van der Waals surface area contributed by atoms with Crippen LogP contribution in [-0.2, 0) is 16.6 Å². The van der Waals surface area contributed by atoms with Gasteiger partial charge in [0.2, 0.25) is 16.0 Å². The maximum Gasteiger partial charge on any atom is 0.244 e. The van der Waals surface area contributed by atoms with Crippen molar-refractivity contribution in [3.8, 4) is 0 Å². The first-order valence-electron chi connectivity index (χ1n) is 3.63. The fraction of sp³-hybridized carbons (Fsp3) is 0.500. The number of aryl methyl sites for hydroxylation is 2. The Kier molecular flexibility index (Phi) is 2.40. The molecule has 13 heavy (non-hydrogen) atoms. The highest BCUT2D eigenvalue weighted by Crippen LogP contribution is 2.16. The minimum absolute atomic E-state index is 0.0850. The summed E-state index contributed by atoms with van der Waals surface area (Å²) in [6.07, 6.45) is 0. The lowest BCUT2D eigenvalue weighted by atomic mass is 10.5.